The molecule has 0 bridgehead atoms. The fraction of sp³-hybridized carbons (Fsp3) is 0.588. The van der Waals surface area contributed by atoms with Crippen LogP contribution in [0, 0.1) is 6.92 Å². The number of ether oxygens (including phenoxy) is 1. The Balaban J connectivity index is 2.62. The van der Waals surface area contributed by atoms with Crippen LogP contribution in [0.2, 0.25) is 0 Å². The van der Waals surface area contributed by atoms with Crippen LogP contribution in [0.25, 0.3) is 0 Å². The lowest BCUT2D eigenvalue weighted by Crippen LogP contribution is -2.42. The summed E-state index contributed by atoms with van der Waals surface area (Å²) >= 11 is 0. The summed E-state index contributed by atoms with van der Waals surface area (Å²) in [7, 11) is 0. The van der Waals surface area contributed by atoms with Crippen LogP contribution >= 0.6 is 0 Å². The first-order valence-electron chi connectivity index (χ1n) is 7.52. The number of benzene rings is 1. The molecule has 0 spiro atoms. The molecule has 0 saturated carbocycles. The molecule has 118 valence electrons. The second-order valence-corrected chi connectivity index (χ2v) is 6.50. The van der Waals surface area contributed by atoms with E-state index in [0.717, 1.165) is 17.7 Å². The smallest absolute Gasteiger partial charge is 0.317 e. The Morgan fingerprint density at radius 1 is 1.33 bits per heavy atom. The largest absolute Gasteiger partial charge is 0.473 e. The average Bonchev–Trinajstić information content (AvgIpc) is 2.39. The van der Waals surface area contributed by atoms with Gasteiger partial charge in [-0.25, -0.2) is 4.79 Å². The normalized spacial score (nSPS) is 12.7. The van der Waals surface area contributed by atoms with Crippen LogP contribution in [0.1, 0.15) is 52.2 Å². The van der Waals surface area contributed by atoms with Crippen molar-refractivity contribution >= 4 is 6.03 Å². The molecule has 0 heterocycles. The van der Waals surface area contributed by atoms with Crippen molar-refractivity contribution in [1.82, 2.24) is 10.6 Å². The van der Waals surface area contributed by atoms with E-state index in [1.165, 1.54) is 5.56 Å². The van der Waals surface area contributed by atoms with Gasteiger partial charge in [-0.2, -0.15) is 0 Å². The summed E-state index contributed by atoms with van der Waals surface area (Å²) in [5.41, 5.74) is 2.35. The van der Waals surface area contributed by atoms with Crippen molar-refractivity contribution < 1.29 is 9.53 Å². The van der Waals surface area contributed by atoms with Gasteiger partial charge in [-0.3, -0.25) is 0 Å². The molecule has 0 aliphatic rings. The van der Waals surface area contributed by atoms with Gasteiger partial charge in [0.25, 0.3) is 0 Å². The molecule has 4 nitrogen and oxygen atoms in total. The summed E-state index contributed by atoms with van der Waals surface area (Å²) in [5, 5.41) is 5.56. The molecular formula is C17H28N2O2. The predicted octanol–water partition coefficient (Wildman–Crippen LogP) is 3.73. The first kappa shape index (κ1) is 17.3. The molecule has 0 aromatic heterocycles. The Morgan fingerprint density at radius 3 is 2.57 bits per heavy atom. The van der Waals surface area contributed by atoms with E-state index in [1.807, 2.05) is 26.0 Å². The van der Waals surface area contributed by atoms with Gasteiger partial charge < -0.3 is 15.4 Å². The van der Waals surface area contributed by atoms with Crippen molar-refractivity contribution in [3.05, 3.63) is 29.3 Å². The molecule has 0 aliphatic carbocycles. The monoisotopic (exact) mass is 292 g/mol. The zero-order valence-electron chi connectivity index (χ0n) is 14.0. The molecule has 4 heteroatoms. The molecule has 2 N–H and O–H groups in total. The number of hydrogen-bond acceptors (Lipinski definition) is 2. The summed E-state index contributed by atoms with van der Waals surface area (Å²) in [6, 6.07) is 6.07. The Morgan fingerprint density at radius 2 is 2.00 bits per heavy atom. The fourth-order valence-electron chi connectivity index (χ4n) is 1.91. The topological polar surface area (TPSA) is 50.4 Å². The van der Waals surface area contributed by atoms with Crippen LogP contribution in [0.15, 0.2) is 18.2 Å². The maximum Gasteiger partial charge on any atom is 0.317 e. The molecule has 1 atom stereocenters. The van der Waals surface area contributed by atoms with Crippen LogP contribution in [0.3, 0.4) is 0 Å². The summed E-state index contributed by atoms with van der Waals surface area (Å²) in [5.74, 6) is 0.817. The van der Waals surface area contributed by atoms with E-state index in [4.69, 9.17) is 4.74 Å². The first-order chi connectivity index (χ1) is 9.74. The third kappa shape index (κ3) is 5.66. The fourth-order valence-corrected chi connectivity index (χ4v) is 1.91. The SMILES string of the molecule is CCC(C)NC(=O)NCOc1ccc(C)cc1C(C)(C)C. The number of amides is 2. The number of hydrogen-bond donors (Lipinski definition) is 2. The van der Waals surface area contributed by atoms with E-state index in [9.17, 15) is 4.79 Å². The van der Waals surface area contributed by atoms with Crippen LogP contribution in [0.4, 0.5) is 4.79 Å². The van der Waals surface area contributed by atoms with Crippen molar-refractivity contribution in [2.24, 2.45) is 0 Å². The van der Waals surface area contributed by atoms with Gasteiger partial charge in [-0.05, 0) is 37.3 Å². The second-order valence-electron chi connectivity index (χ2n) is 6.50. The molecule has 0 radical (unpaired) electrons. The highest BCUT2D eigenvalue weighted by Crippen LogP contribution is 2.31. The lowest BCUT2D eigenvalue weighted by molar-refractivity contribution is 0.220. The highest BCUT2D eigenvalue weighted by atomic mass is 16.5. The standard InChI is InChI=1S/C17H28N2O2/c1-7-13(3)19-16(20)18-11-21-15-9-8-12(2)10-14(15)17(4,5)6/h8-10,13H,7,11H2,1-6H3,(H2,18,19,20). The van der Waals surface area contributed by atoms with Gasteiger partial charge >= 0.3 is 6.03 Å². The maximum absolute atomic E-state index is 11.6. The van der Waals surface area contributed by atoms with Crippen LogP contribution in [0.5, 0.6) is 5.75 Å². The van der Waals surface area contributed by atoms with E-state index in [2.05, 4.69) is 44.4 Å². The molecular weight excluding hydrogens is 264 g/mol. The van der Waals surface area contributed by atoms with E-state index >= 15 is 0 Å². The van der Waals surface area contributed by atoms with Crippen LogP contribution in [-0.2, 0) is 5.41 Å². The van der Waals surface area contributed by atoms with Crippen LogP contribution < -0.4 is 15.4 Å². The molecule has 1 aromatic rings. The van der Waals surface area contributed by atoms with E-state index in [-0.39, 0.29) is 24.2 Å². The van der Waals surface area contributed by atoms with Gasteiger partial charge in [0.2, 0.25) is 0 Å². The average molecular weight is 292 g/mol. The quantitative estimate of drug-likeness (QED) is 0.813. The Labute approximate surface area is 128 Å². The molecule has 0 aliphatic heterocycles. The summed E-state index contributed by atoms with van der Waals surface area (Å²) in [6.45, 7) is 12.7. The molecule has 21 heavy (non-hydrogen) atoms. The number of rotatable bonds is 5. The third-order valence-electron chi connectivity index (χ3n) is 3.39. The van der Waals surface area contributed by atoms with E-state index in [0.29, 0.717) is 0 Å². The molecule has 2 amide bonds. The minimum absolute atomic E-state index is 0.000334. The molecule has 0 fully saturated rings. The summed E-state index contributed by atoms with van der Waals surface area (Å²) in [6.07, 6.45) is 0.903. The zero-order valence-corrected chi connectivity index (χ0v) is 14.0. The first-order valence-corrected chi connectivity index (χ1v) is 7.52. The Hall–Kier alpha value is -1.71. The number of aryl methyl sites for hydroxylation is 1. The lowest BCUT2D eigenvalue weighted by Gasteiger charge is -2.23. The number of carbonyl (C=O) groups is 1. The minimum Gasteiger partial charge on any atom is -0.473 e. The number of carbonyl (C=O) groups excluding carboxylic acids is 1. The van der Waals surface area contributed by atoms with Crippen molar-refractivity contribution in [2.75, 3.05) is 6.73 Å². The Bertz CT molecular complexity index is 478. The minimum atomic E-state index is -0.200. The van der Waals surface area contributed by atoms with Gasteiger partial charge in [-0.1, -0.05) is 45.4 Å². The zero-order chi connectivity index (χ0) is 16.0. The highest BCUT2D eigenvalue weighted by Gasteiger charge is 2.19. The summed E-state index contributed by atoms with van der Waals surface area (Å²) in [4.78, 5) is 11.6. The lowest BCUT2D eigenvalue weighted by atomic mass is 9.85. The van der Waals surface area contributed by atoms with Gasteiger partial charge in [0.1, 0.15) is 5.75 Å². The molecule has 1 rings (SSSR count). The number of urea groups is 1. The van der Waals surface area contributed by atoms with E-state index < -0.39 is 0 Å². The maximum atomic E-state index is 11.6. The van der Waals surface area contributed by atoms with E-state index in [1.54, 1.807) is 0 Å². The van der Waals surface area contributed by atoms with Crippen molar-refractivity contribution in [3.63, 3.8) is 0 Å². The molecule has 1 aromatic carbocycles. The van der Waals surface area contributed by atoms with Crippen LogP contribution in [-0.4, -0.2) is 18.8 Å². The van der Waals surface area contributed by atoms with Gasteiger partial charge in [0.05, 0.1) is 0 Å². The van der Waals surface area contributed by atoms with Gasteiger partial charge in [0, 0.05) is 6.04 Å². The third-order valence-corrected chi connectivity index (χ3v) is 3.39. The van der Waals surface area contributed by atoms with Crippen molar-refractivity contribution in [3.8, 4) is 5.75 Å². The number of nitrogens with one attached hydrogen (secondary N) is 2. The highest BCUT2D eigenvalue weighted by molar-refractivity contribution is 5.73. The second kappa shape index (κ2) is 7.34. The Kier molecular flexibility index (Phi) is 6.06. The van der Waals surface area contributed by atoms with Gasteiger partial charge in [0.15, 0.2) is 6.73 Å². The van der Waals surface area contributed by atoms with Gasteiger partial charge in [-0.15, -0.1) is 0 Å². The van der Waals surface area contributed by atoms with Crippen molar-refractivity contribution in [2.45, 2.75) is 59.4 Å². The molecule has 0 saturated heterocycles. The van der Waals surface area contributed by atoms with Crippen molar-refractivity contribution in [1.29, 1.82) is 0 Å². The predicted molar refractivity (Wildman–Crippen MR) is 86.8 cm³/mol. The molecule has 1 unspecified atom stereocenters. The summed E-state index contributed by atoms with van der Waals surface area (Å²) < 4.78 is 5.73.